The zero-order chi connectivity index (χ0) is 25.2. The Morgan fingerprint density at radius 2 is 2.06 bits per heavy atom. The number of rotatable bonds is 7. The fraction of sp³-hybridized carbons (Fsp3) is 0.400. The lowest BCUT2D eigenvalue weighted by molar-refractivity contribution is -0.139. The van der Waals surface area contributed by atoms with Crippen LogP contribution in [-0.4, -0.2) is 76.4 Å². The molecule has 0 bridgehead atoms. The van der Waals surface area contributed by atoms with Crippen molar-refractivity contribution >= 4 is 29.3 Å². The second-order valence-electron chi connectivity index (χ2n) is 8.82. The minimum Gasteiger partial charge on any atom is -0.376 e. The van der Waals surface area contributed by atoms with Gasteiger partial charge in [0, 0.05) is 52.0 Å². The van der Waals surface area contributed by atoms with Gasteiger partial charge in [-0.05, 0) is 48.7 Å². The number of halogens is 1. The van der Waals surface area contributed by atoms with Crippen molar-refractivity contribution in [1.29, 1.82) is 0 Å². The Labute approximate surface area is 209 Å². The van der Waals surface area contributed by atoms with Crippen LogP contribution in [0.5, 0.6) is 0 Å². The maximum atomic E-state index is 12.7. The highest BCUT2D eigenvalue weighted by atomic mass is 35.5. The van der Waals surface area contributed by atoms with E-state index in [2.05, 4.69) is 21.9 Å². The molecule has 2 aliphatic rings. The van der Waals surface area contributed by atoms with Gasteiger partial charge in [-0.1, -0.05) is 18.2 Å². The van der Waals surface area contributed by atoms with Crippen molar-refractivity contribution in [3.63, 3.8) is 0 Å². The lowest BCUT2D eigenvalue weighted by Crippen LogP contribution is -2.51. The third-order valence-corrected chi connectivity index (χ3v) is 6.77. The van der Waals surface area contributed by atoms with Gasteiger partial charge in [-0.25, -0.2) is 4.98 Å². The fourth-order valence-electron chi connectivity index (χ4n) is 4.27. The van der Waals surface area contributed by atoms with Crippen molar-refractivity contribution in [3.8, 4) is 11.3 Å². The van der Waals surface area contributed by atoms with Gasteiger partial charge in [0.2, 0.25) is 11.8 Å². The number of carbonyl (C=O) groups excluding carboxylic acids is 3. The molecule has 2 aromatic heterocycles. The van der Waals surface area contributed by atoms with Crippen LogP contribution in [0.15, 0.2) is 43.1 Å². The Hall–Kier alpha value is -3.30. The van der Waals surface area contributed by atoms with E-state index in [0.717, 1.165) is 18.4 Å². The molecule has 3 heterocycles. The van der Waals surface area contributed by atoms with Crippen molar-refractivity contribution in [2.24, 2.45) is 0 Å². The van der Waals surface area contributed by atoms with Crippen LogP contribution in [0.25, 0.3) is 11.3 Å². The molecule has 0 unspecified atom stereocenters. The molecule has 1 saturated carbocycles. The van der Waals surface area contributed by atoms with Crippen LogP contribution < -0.4 is 5.32 Å². The third-order valence-electron chi connectivity index (χ3n) is 6.57. The van der Waals surface area contributed by atoms with Gasteiger partial charge >= 0.3 is 0 Å². The summed E-state index contributed by atoms with van der Waals surface area (Å²) in [7, 11) is 1.65. The standard InChI is InChI=1S/C25H28ClN5O4/c1-4-23(33)30-9-10-31(16(2)32)21(14-30)18-12-19(29-22(26)13-18)17-5-8-27-20(11-17)24(34)28-15-25(35-3)6-7-25/h4-5,8,11-13,21H,1,6-7,9-10,14-15H2,2-3H3,(H,28,34)/t21-/m1/s1. The molecule has 2 aromatic rings. The van der Waals surface area contributed by atoms with Gasteiger partial charge in [0.25, 0.3) is 5.91 Å². The van der Waals surface area contributed by atoms with E-state index in [-0.39, 0.29) is 34.2 Å². The molecule has 1 N–H and O–H groups in total. The van der Waals surface area contributed by atoms with Crippen LogP contribution >= 0.6 is 11.6 Å². The molecule has 2 fully saturated rings. The first-order chi connectivity index (χ1) is 16.7. The molecule has 10 heteroatoms. The van der Waals surface area contributed by atoms with E-state index >= 15 is 0 Å². The first-order valence-electron chi connectivity index (χ1n) is 11.4. The van der Waals surface area contributed by atoms with Crippen molar-refractivity contribution in [2.45, 2.75) is 31.4 Å². The lowest BCUT2D eigenvalue weighted by atomic mass is 10.0. The molecule has 1 saturated heterocycles. The molecule has 4 rings (SSSR count). The van der Waals surface area contributed by atoms with E-state index in [9.17, 15) is 14.4 Å². The number of piperazine rings is 1. The molecule has 35 heavy (non-hydrogen) atoms. The first kappa shape index (κ1) is 24.8. The molecule has 0 radical (unpaired) electrons. The second kappa shape index (κ2) is 10.1. The average Bonchev–Trinajstić information content (AvgIpc) is 3.66. The van der Waals surface area contributed by atoms with Gasteiger partial charge in [-0.2, -0.15) is 0 Å². The maximum absolute atomic E-state index is 12.7. The summed E-state index contributed by atoms with van der Waals surface area (Å²) >= 11 is 6.38. The van der Waals surface area contributed by atoms with Gasteiger partial charge < -0.3 is 19.9 Å². The quantitative estimate of drug-likeness (QED) is 0.465. The molecule has 9 nitrogen and oxygen atoms in total. The summed E-state index contributed by atoms with van der Waals surface area (Å²) in [6, 6.07) is 6.53. The van der Waals surface area contributed by atoms with Gasteiger partial charge in [-0.3, -0.25) is 19.4 Å². The van der Waals surface area contributed by atoms with E-state index in [1.807, 2.05) is 6.07 Å². The van der Waals surface area contributed by atoms with Crippen molar-refractivity contribution in [1.82, 2.24) is 25.1 Å². The summed E-state index contributed by atoms with van der Waals surface area (Å²) in [5.41, 5.74) is 1.93. The summed E-state index contributed by atoms with van der Waals surface area (Å²) in [4.78, 5) is 49.3. The van der Waals surface area contributed by atoms with Crippen LogP contribution in [0, 0.1) is 0 Å². The largest absolute Gasteiger partial charge is 0.376 e. The van der Waals surface area contributed by atoms with E-state index in [1.54, 1.807) is 41.3 Å². The Morgan fingerprint density at radius 1 is 1.29 bits per heavy atom. The molecule has 0 aromatic carbocycles. The average molecular weight is 498 g/mol. The summed E-state index contributed by atoms with van der Waals surface area (Å²) < 4.78 is 5.45. The number of nitrogens with zero attached hydrogens (tertiary/aromatic N) is 4. The van der Waals surface area contributed by atoms with E-state index < -0.39 is 6.04 Å². The van der Waals surface area contributed by atoms with E-state index in [0.29, 0.717) is 37.4 Å². The van der Waals surface area contributed by atoms with Crippen molar-refractivity contribution in [3.05, 3.63) is 59.5 Å². The Kier molecular flexibility index (Phi) is 7.18. The molecular weight excluding hydrogens is 470 g/mol. The van der Waals surface area contributed by atoms with Crippen LogP contribution in [0.2, 0.25) is 5.15 Å². The molecular formula is C25H28ClN5O4. The van der Waals surface area contributed by atoms with Crippen molar-refractivity contribution < 1.29 is 19.1 Å². The lowest BCUT2D eigenvalue weighted by Gasteiger charge is -2.41. The third kappa shape index (κ3) is 5.52. The van der Waals surface area contributed by atoms with E-state index in [1.165, 1.54) is 13.0 Å². The predicted octanol–water partition coefficient (Wildman–Crippen LogP) is 2.62. The molecule has 1 atom stereocenters. The predicted molar refractivity (Wildman–Crippen MR) is 131 cm³/mol. The van der Waals surface area contributed by atoms with Gasteiger partial charge in [-0.15, -0.1) is 0 Å². The number of pyridine rings is 2. The van der Waals surface area contributed by atoms with Crippen LogP contribution in [0.1, 0.15) is 41.9 Å². The number of methoxy groups -OCH3 is 1. The number of amides is 3. The SMILES string of the molecule is C=CC(=O)N1CCN(C(C)=O)[C@@H](c2cc(Cl)nc(-c3ccnc(C(=O)NCC4(OC)CC4)c3)c2)C1. The Bertz CT molecular complexity index is 1170. The van der Waals surface area contributed by atoms with E-state index in [4.69, 9.17) is 16.3 Å². The van der Waals surface area contributed by atoms with Crippen LogP contribution in [0.4, 0.5) is 0 Å². The number of hydrogen-bond donors (Lipinski definition) is 1. The fourth-order valence-corrected chi connectivity index (χ4v) is 4.49. The molecule has 184 valence electrons. The Morgan fingerprint density at radius 3 is 2.71 bits per heavy atom. The highest BCUT2D eigenvalue weighted by Gasteiger charge is 2.43. The maximum Gasteiger partial charge on any atom is 0.269 e. The first-order valence-corrected chi connectivity index (χ1v) is 11.8. The minimum absolute atomic E-state index is 0.0949. The highest BCUT2D eigenvalue weighted by molar-refractivity contribution is 6.29. The van der Waals surface area contributed by atoms with Gasteiger partial charge in [0.05, 0.1) is 17.3 Å². The topological polar surface area (TPSA) is 105 Å². The van der Waals surface area contributed by atoms with Gasteiger partial charge in [0.15, 0.2) is 0 Å². The van der Waals surface area contributed by atoms with Crippen LogP contribution in [0.3, 0.4) is 0 Å². The van der Waals surface area contributed by atoms with Crippen molar-refractivity contribution in [2.75, 3.05) is 33.3 Å². The van der Waals surface area contributed by atoms with Gasteiger partial charge in [0.1, 0.15) is 10.8 Å². The summed E-state index contributed by atoms with van der Waals surface area (Å²) in [6.07, 6.45) is 4.65. The minimum atomic E-state index is -0.391. The highest BCUT2D eigenvalue weighted by Crippen LogP contribution is 2.38. The number of carbonyl (C=O) groups is 3. The normalized spacial score (nSPS) is 18.7. The Balaban J connectivity index is 1.60. The zero-order valence-corrected chi connectivity index (χ0v) is 20.5. The summed E-state index contributed by atoms with van der Waals surface area (Å²) in [6.45, 7) is 6.64. The zero-order valence-electron chi connectivity index (χ0n) is 19.8. The number of aromatic nitrogens is 2. The van der Waals surface area contributed by atoms with Crippen LogP contribution in [-0.2, 0) is 14.3 Å². The number of hydrogen-bond acceptors (Lipinski definition) is 6. The molecule has 1 aliphatic carbocycles. The molecule has 0 spiro atoms. The molecule has 1 aliphatic heterocycles. The number of nitrogens with one attached hydrogen (secondary N) is 1. The monoisotopic (exact) mass is 497 g/mol. The second-order valence-corrected chi connectivity index (χ2v) is 9.21. The smallest absolute Gasteiger partial charge is 0.269 e. The summed E-state index contributed by atoms with van der Waals surface area (Å²) in [5.74, 6) is -0.585. The number of ether oxygens (including phenoxy) is 1. The summed E-state index contributed by atoms with van der Waals surface area (Å²) in [5, 5.41) is 3.12. The molecule has 3 amide bonds.